The molecule has 0 bridgehead atoms. The normalized spacial score (nSPS) is 23.5. The van der Waals surface area contributed by atoms with Crippen LogP contribution < -0.4 is 5.73 Å². The Morgan fingerprint density at radius 1 is 1.35 bits per heavy atom. The van der Waals surface area contributed by atoms with Crippen LogP contribution in [0.2, 0.25) is 5.02 Å². The first kappa shape index (κ1) is 15.8. The van der Waals surface area contributed by atoms with Gasteiger partial charge in [-0.2, -0.15) is 0 Å². The molecule has 2 N–H and O–H groups in total. The molecular formula is C16H26ClN3. The summed E-state index contributed by atoms with van der Waals surface area (Å²) in [7, 11) is 2.21. The zero-order valence-corrected chi connectivity index (χ0v) is 13.3. The van der Waals surface area contributed by atoms with Crippen LogP contribution in [0.25, 0.3) is 0 Å². The van der Waals surface area contributed by atoms with E-state index in [4.69, 9.17) is 17.3 Å². The van der Waals surface area contributed by atoms with Gasteiger partial charge in [0.1, 0.15) is 0 Å². The predicted molar refractivity (Wildman–Crippen MR) is 86.1 cm³/mol. The molecule has 0 amide bonds. The summed E-state index contributed by atoms with van der Waals surface area (Å²) in [6, 6.07) is 8.88. The van der Waals surface area contributed by atoms with Gasteiger partial charge in [0, 0.05) is 36.7 Å². The van der Waals surface area contributed by atoms with E-state index in [2.05, 4.69) is 35.9 Å². The van der Waals surface area contributed by atoms with Gasteiger partial charge in [-0.05, 0) is 38.1 Å². The fourth-order valence-corrected chi connectivity index (χ4v) is 3.48. The second kappa shape index (κ2) is 7.41. The van der Waals surface area contributed by atoms with Crippen molar-refractivity contribution < 1.29 is 0 Å². The van der Waals surface area contributed by atoms with Gasteiger partial charge in [-0.15, -0.1) is 0 Å². The molecule has 0 aliphatic carbocycles. The van der Waals surface area contributed by atoms with Crippen molar-refractivity contribution in [2.75, 3.05) is 33.2 Å². The lowest BCUT2D eigenvalue weighted by Crippen LogP contribution is -2.44. The summed E-state index contributed by atoms with van der Waals surface area (Å²) < 4.78 is 0. The molecule has 0 saturated carbocycles. The fraction of sp³-hybridized carbons (Fsp3) is 0.625. The lowest BCUT2D eigenvalue weighted by Gasteiger charge is -2.37. The molecule has 1 aromatic rings. The van der Waals surface area contributed by atoms with Gasteiger partial charge >= 0.3 is 0 Å². The molecule has 0 aromatic heterocycles. The summed E-state index contributed by atoms with van der Waals surface area (Å²) in [5, 5.41) is 0.829. The molecule has 1 aliphatic rings. The highest BCUT2D eigenvalue weighted by molar-refractivity contribution is 6.31. The molecule has 2 rings (SSSR count). The minimum Gasteiger partial charge on any atom is -0.329 e. The largest absolute Gasteiger partial charge is 0.329 e. The molecule has 4 heteroatoms. The molecule has 1 aromatic carbocycles. The fourth-order valence-electron chi connectivity index (χ4n) is 3.22. The molecule has 2 atom stereocenters. The van der Waals surface area contributed by atoms with Gasteiger partial charge in [0.2, 0.25) is 0 Å². The number of benzene rings is 1. The van der Waals surface area contributed by atoms with E-state index in [0.29, 0.717) is 12.6 Å². The quantitative estimate of drug-likeness (QED) is 0.927. The molecule has 1 saturated heterocycles. The van der Waals surface area contributed by atoms with Gasteiger partial charge in [0.05, 0.1) is 0 Å². The third-order valence-electron chi connectivity index (χ3n) is 4.31. The molecule has 2 unspecified atom stereocenters. The second-order valence-electron chi connectivity index (χ2n) is 5.69. The second-order valence-corrected chi connectivity index (χ2v) is 6.10. The highest BCUT2D eigenvalue weighted by atomic mass is 35.5. The molecular weight excluding hydrogens is 270 g/mol. The Kier molecular flexibility index (Phi) is 5.85. The van der Waals surface area contributed by atoms with E-state index < -0.39 is 0 Å². The van der Waals surface area contributed by atoms with Gasteiger partial charge in [-0.25, -0.2) is 0 Å². The first-order valence-corrected chi connectivity index (χ1v) is 7.94. The predicted octanol–water partition coefficient (Wildman–Crippen LogP) is 2.76. The maximum absolute atomic E-state index is 6.38. The first-order chi connectivity index (χ1) is 9.67. The van der Waals surface area contributed by atoms with E-state index in [1.807, 2.05) is 12.1 Å². The van der Waals surface area contributed by atoms with Crippen LogP contribution in [0.4, 0.5) is 0 Å². The number of rotatable bonds is 4. The third kappa shape index (κ3) is 3.53. The summed E-state index contributed by atoms with van der Waals surface area (Å²) in [5.41, 5.74) is 7.26. The standard InChI is InChI=1S/C16H26ClN3/c1-3-13-12-19(2)9-6-10-20(13)16(11-18)14-7-4-5-8-15(14)17/h4-5,7-8,13,16H,3,6,9-12,18H2,1-2H3. The Hall–Kier alpha value is -0.610. The Morgan fingerprint density at radius 3 is 2.75 bits per heavy atom. The van der Waals surface area contributed by atoms with Crippen LogP contribution in [0.15, 0.2) is 24.3 Å². The molecule has 20 heavy (non-hydrogen) atoms. The van der Waals surface area contributed by atoms with E-state index >= 15 is 0 Å². The number of likely N-dealkylation sites (N-methyl/N-ethyl adjacent to an activating group) is 1. The molecule has 112 valence electrons. The van der Waals surface area contributed by atoms with E-state index in [1.165, 1.54) is 12.0 Å². The van der Waals surface area contributed by atoms with Crippen LogP contribution >= 0.6 is 11.6 Å². The van der Waals surface area contributed by atoms with Crippen molar-refractivity contribution in [2.45, 2.75) is 31.8 Å². The van der Waals surface area contributed by atoms with Gasteiger partial charge in [-0.1, -0.05) is 36.7 Å². The molecule has 1 heterocycles. The van der Waals surface area contributed by atoms with Crippen LogP contribution in [-0.2, 0) is 0 Å². The van der Waals surface area contributed by atoms with Gasteiger partial charge in [-0.3, -0.25) is 4.90 Å². The van der Waals surface area contributed by atoms with Crippen LogP contribution in [0.1, 0.15) is 31.4 Å². The topological polar surface area (TPSA) is 32.5 Å². The molecule has 0 radical (unpaired) electrons. The van der Waals surface area contributed by atoms with E-state index in [0.717, 1.165) is 31.1 Å². The number of nitrogens with zero attached hydrogens (tertiary/aromatic N) is 2. The monoisotopic (exact) mass is 295 g/mol. The number of halogens is 1. The third-order valence-corrected chi connectivity index (χ3v) is 4.65. The smallest absolute Gasteiger partial charge is 0.0488 e. The number of hydrogen-bond acceptors (Lipinski definition) is 3. The Balaban J connectivity index is 2.27. The highest BCUT2D eigenvalue weighted by Crippen LogP contribution is 2.30. The Labute approximate surface area is 127 Å². The van der Waals surface area contributed by atoms with Crippen molar-refractivity contribution in [1.82, 2.24) is 9.80 Å². The average Bonchev–Trinajstić information content (AvgIpc) is 2.63. The SMILES string of the molecule is CCC1CN(C)CCCN1C(CN)c1ccccc1Cl. The van der Waals surface area contributed by atoms with Gasteiger partial charge in [0.25, 0.3) is 0 Å². The van der Waals surface area contributed by atoms with E-state index in [-0.39, 0.29) is 6.04 Å². The Bertz CT molecular complexity index is 424. The summed E-state index contributed by atoms with van der Waals surface area (Å²) in [4.78, 5) is 4.99. The van der Waals surface area contributed by atoms with Crippen molar-refractivity contribution in [1.29, 1.82) is 0 Å². The van der Waals surface area contributed by atoms with Crippen molar-refractivity contribution in [3.8, 4) is 0 Å². The minimum absolute atomic E-state index is 0.222. The van der Waals surface area contributed by atoms with Gasteiger partial charge < -0.3 is 10.6 Å². The van der Waals surface area contributed by atoms with Crippen molar-refractivity contribution in [3.63, 3.8) is 0 Å². The Morgan fingerprint density at radius 2 is 2.10 bits per heavy atom. The summed E-state index contributed by atoms with van der Waals surface area (Å²) >= 11 is 6.38. The lowest BCUT2D eigenvalue weighted by molar-refractivity contribution is 0.131. The van der Waals surface area contributed by atoms with Crippen molar-refractivity contribution in [2.24, 2.45) is 5.73 Å². The van der Waals surface area contributed by atoms with Crippen LogP contribution in [-0.4, -0.2) is 49.1 Å². The minimum atomic E-state index is 0.222. The summed E-state index contributed by atoms with van der Waals surface area (Å²) in [6.45, 7) is 6.24. The maximum Gasteiger partial charge on any atom is 0.0488 e. The van der Waals surface area contributed by atoms with Crippen LogP contribution in [0, 0.1) is 0 Å². The van der Waals surface area contributed by atoms with Crippen molar-refractivity contribution >= 4 is 11.6 Å². The van der Waals surface area contributed by atoms with Crippen LogP contribution in [0.5, 0.6) is 0 Å². The first-order valence-electron chi connectivity index (χ1n) is 7.56. The molecule has 3 nitrogen and oxygen atoms in total. The highest BCUT2D eigenvalue weighted by Gasteiger charge is 2.29. The summed E-state index contributed by atoms with van der Waals surface area (Å²) in [5.74, 6) is 0. The average molecular weight is 296 g/mol. The number of hydrogen-bond donors (Lipinski definition) is 1. The van der Waals surface area contributed by atoms with E-state index in [1.54, 1.807) is 0 Å². The zero-order chi connectivity index (χ0) is 14.5. The van der Waals surface area contributed by atoms with Crippen LogP contribution in [0.3, 0.4) is 0 Å². The van der Waals surface area contributed by atoms with Gasteiger partial charge in [0.15, 0.2) is 0 Å². The molecule has 1 aliphatic heterocycles. The summed E-state index contributed by atoms with van der Waals surface area (Å²) in [6.07, 6.45) is 2.33. The van der Waals surface area contributed by atoms with E-state index in [9.17, 15) is 0 Å². The molecule has 0 spiro atoms. The molecule has 1 fully saturated rings. The number of nitrogens with two attached hydrogens (primary N) is 1. The van der Waals surface area contributed by atoms with Crippen molar-refractivity contribution in [3.05, 3.63) is 34.9 Å². The zero-order valence-electron chi connectivity index (χ0n) is 12.6. The maximum atomic E-state index is 6.38. The lowest BCUT2D eigenvalue weighted by atomic mass is 10.0.